The molecule has 0 aliphatic heterocycles. The molecule has 0 aromatic heterocycles. The van der Waals surface area contributed by atoms with Gasteiger partial charge in [0.2, 0.25) is 0 Å². The summed E-state index contributed by atoms with van der Waals surface area (Å²) in [6, 6.07) is 5.62. The number of rotatable bonds is 6. The van der Waals surface area contributed by atoms with Crippen LogP contribution in [0.2, 0.25) is 0 Å². The highest BCUT2D eigenvalue weighted by molar-refractivity contribution is 5.74. The van der Waals surface area contributed by atoms with Crippen LogP contribution in [0.4, 0.5) is 18.0 Å². The molecule has 5 nitrogen and oxygen atoms in total. The van der Waals surface area contributed by atoms with Gasteiger partial charge in [-0.25, -0.2) is 4.79 Å². The normalized spacial score (nSPS) is 20.0. The Hall–Kier alpha value is -2.22. The number of benzene rings is 1. The van der Waals surface area contributed by atoms with Crippen molar-refractivity contribution in [2.75, 3.05) is 13.2 Å². The number of carbonyl (C=O) groups excluding carboxylic acids is 1. The number of ether oxygens (including phenoxy) is 1. The molecule has 0 radical (unpaired) electrons. The molecule has 1 aromatic rings. The lowest BCUT2D eigenvalue weighted by Crippen LogP contribution is -2.40. The minimum atomic E-state index is -4.42. The maximum atomic E-state index is 12.2. The maximum absolute atomic E-state index is 12.2. The van der Waals surface area contributed by atoms with Crippen molar-refractivity contribution in [3.8, 4) is 5.75 Å². The molecule has 0 fully saturated rings. The van der Waals surface area contributed by atoms with Crippen LogP contribution in [-0.4, -0.2) is 36.6 Å². The first kappa shape index (κ1) is 18.1. The summed E-state index contributed by atoms with van der Waals surface area (Å²) in [6.07, 6.45) is -0.156. The number of aliphatic hydroxyl groups excluding tert-OH is 1. The Morgan fingerprint density at radius 1 is 1.29 bits per heavy atom. The van der Waals surface area contributed by atoms with Gasteiger partial charge in [-0.2, -0.15) is 13.2 Å². The molecule has 0 saturated carbocycles. The highest BCUT2D eigenvalue weighted by atomic mass is 19.4. The number of hydrogen-bond acceptors (Lipinski definition) is 3. The second-order valence-electron chi connectivity index (χ2n) is 5.51. The van der Waals surface area contributed by atoms with E-state index in [1.165, 1.54) is 6.07 Å². The van der Waals surface area contributed by atoms with E-state index in [-0.39, 0.29) is 30.9 Å². The number of carbonyl (C=O) groups is 1. The Morgan fingerprint density at radius 3 is 2.71 bits per heavy atom. The van der Waals surface area contributed by atoms with E-state index >= 15 is 0 Å². The quantitative estimate of drug-likeness (QED) is 0.694. The van der Waals surface area contributed by atoms with Crippen LogP contribution in [0.5, 0.6) is 5.75 Å². The second-order valence-corrected chi connectivity index (χ2v) is 5.51. The zero-order valence-electron chi connectivity index (χ0n) is 12.8. The average Bonchev–Trinajstić information content (AvgIpc) is 2.98. The molecule has 1 aliphatic rings. The number of amides is 2. The third-order valence-electron chi connectivity index (χ3n) is 3.53. The number of halogens is 3. The van der Waals surface area contributed by atoms with E-state index in [1.807, 2.05) is 6.08 Å². The summed E-state index contributed by atoms with van der Waals surface area (Å²) < 4.78 is 41.5. The van der Waals surface area contributed by atoms with Gasteiger partial charge in [-0.05, 0) is 12.5 Å². The van der Waals surface area contributed by atoms with Gasteiger partial charge in [0, 0.05) is 30.7 Å². The van der Waals surface area contributed by atoms with Crippen LogP contribution in [0, 0.1) is 5.92 Å². The third kappa shape index (κ3) is 5.77. The fraction of sp³-hybridized carbons (Fsp3) is 0.438. The Bertz CT molecular complexity index is 590. The maximum Gasteiger partial charge on any atom is 0.422 e. The lowest BCUT2D eigenvalue weighted by atomic mass is 10.1. The van der Waals surface area contributed by atoms with Crippen molar-refractivity contribution in [2.45, 2.75) is 25.2 Å². The van der Waals surface area contributed by atoms with Gasteiger partial charge in [-0.15, -0.1) is 0 Å². The summed E-state index contributed by atoms with van der Waals surface area (Å²) in [4.78, 5) is 11.9. The molecule has 2 amide bonds. The zero-order chi connectivity index (χ0) is 17.6. The summed E-state index contributed by atoms with van der Waals surface area (Å²) in [5.41, 5.74) is 0.451. The van der Waals surface area contributed by atoms with Crippen LogP contribution in [0.3, 0.4) is 0 Å². The van der Waals surface area contributed by atoms with Gasteiger partial charge in [0.05, 0.1) is 0 Å². The van der Waals surface area contributed by atoms with Crippen molar-refractivity contribution in [3.05, 3.63) is 42.0 Å². The van der Waals surface area contributed by atoms with Crippen molar-refractivity contribution in [3.63, 3.8) is 0 Å². The molecule has 1 aliphatic carbocycles. The summed E-state index contributed by atoms with van der Waals surface area (Å²) in [5, 5.41) is 14.3. The van der Waals surface area contributed by atoms with Crippen LogP contribution in [0.1, 0.15) is 12.0 Å². The van der Waals surface area contributed by atoms with Gasteiger partial charge >= 0.3 is 12.2 Å². The molecule has 24 heavy (non-hydrogen) atoms. The number of aliphatic hydroxyl groups is 1. The molecule has 2 atom stereocenters. The number of para-hydroxylation sites is 1. The van der Waals surface area contributed by atoms with E-state index in [0.717, 1.165) is 0 Å². The summed E-state index contributed by atoms with van der Waals surface area (Å²) in [6.45, 7) is -1.31. The molecule has 1 aromatic carbocycles. The highest BCUT2D eigenvalue weighted by Gasteiger charge is 2.28. The summed E-state index contributed by atoms with van der Waals surface area (Å²) >= 11 is 0. The Labute approximate surface area is 137 Å². The van der Waals surface area contributed by atoms with E-state index in [4.69, 9.17) is 9.84 Å². The SMILES string of the molecule is O=C(NCc1ccccc1OCC(F)(F)F)N[C@@H]1C=C[C@H](CO)C1. The van der Waals surface area contributed by atoms with Gasteiger partial charge in [0.15, 0.2) is 6.61 Å². The van der Waals surface area contributed by atoms with Gasteiger partial charge in [0.1, 0.15) is 5.75 Å². The molecule has 2 rings (SSSR count). The second kappa shape index (κ2) is 8.05. The molecule has 0 heterocycles. The van der Waals surface area contributed by atoms with Gasteiger partial charge in [-0.1, -0.05) is 30.4 Å². The average molecular weight is 344 g/mol. The first-order chi connectivity index (χ1) is 11.4. The smallest absolute Gasteiger partial charge is 0.422 e. The fourth-order valence-corrected chi connectivity index (χ4v) is 2.36. The molecular weight excluding hydrogens is 325 g/mol. The monoisotopic (exact) mass is 344 g/mol. The first-order valence-electron chi connectivity index (χ1n) is 7.48. The molecule has 0 spiro atoms. The van der Waals surface area contributed by atoms with E-state index in [1.54, 1.807) is 24.3 Å². The van der Waals surface area contributed by atoms with E-state index in [2.05, 4.69) is 10.6 Å². The zero-order valence-corrected chi connectivity index (χ0v) is 12.8. The van der Waals surface area contributed by atoms with Crippen LogP contribution in [0.25, 0.3) is 0 Å². The van der Waals surface area contributed by atoms with E-state index in [0.29, 0.717) is 12.0 Å². The molecule has 8 heteroatoms. The van der Waals surface area contributed by atoms with Gasteiger partial charge < -0.3 is 20.5 Å². The topological polar surface area (TPSA) is 70.6 Å². The summed E-state index contributed by atoms with van der Waals surface area (Å²) in [5.74, 6) is 0.114. The number of nitrogens with one attached hydrogen (secondary N) is 2. The van der Waals surface area contributed by atoms with Crippen molar-refractivity contribution in [1.82, 2.24) is 10.6 Å². The standard InChI is InChI=1S/C16H19F3N2O3/c17-16(18,19)10-24-14-4-2-1-3-12(14)8-20-15(23)21-13-6-5-11(7-13)9-22/h1-6,11,13,22H,7-10H2,(H2,20,21,23)/t11-,13+/m0/s1. The molecule has 0 bridgehead atoms. The lowest BCUT2D eigenvalue weighted by Gasteiger charge is -2.15. The van der Waals surface area contributed by atoms with Crippen molar-refractivity contribution in [2.24, 2.45) is 5.92 Å². The van der Waals surface area contributed by atoms with Crippen LogP contribution in [-0.2, 0) is 6.54 Å². The van der Waals surface area contributed by atoms with Crippen LogP contribution < -0.4 is 15.4 Å². The number of urea groups is 1. The van der Waals surface area contributed by atoms with Crippen molar-refractivity contribution >= 4 is 6.03 Å². The number of alkyl halides is 3. The summed E-state index contributed by atoms with van der Waals surface area (Å²) in [7, 11) is 0. The predicted octanol–water partition coefficient (Wildman–Crippen LogP) is 2.36. The van der Waals surface area contributed by atoms with Crippen molar-refractivity contribution in [1.29, 1.82) is 0 Å². The highest BCUT2D eigenvalue weighted by Crippen LogP contribution is 2.22. The Morgan fingerprint density at radius 2 is 2.04 bits per heavy atom. The minimum absolute atomic E-state index is 0.0280. The third-order valence-corrected chi connectivity index (χ3v) is 3.53. The van der Waals surface area contributed by atoms with Crippen LogP contribution in [0.15, 0.2) is 36.4 Å². The first-order valence-corrected chi connectivity index (χ1v) is 7.48. The van der Waals surface area contributed by atoms with Gasteiger partial charge in [-0.3, -0.25) is 0 Å². The Balaban J connectivity index is 1.83. The lowest BCUT2D eigenvalue weighted by molar-refractivity contribution is -0.153. The minimum Gasteiger partial charge on any atom is -0.484 e. The van der Waals surface area contributed by atoms with Crippen molar-refractivity contribution < 1.29 is 27.8 Å². The fourth-order valence-electron chi connectivity index (χ4n) is 2.36. The number of hydrogen-bond donors (Lipinski definition) is 3. The molecular formula is C16H19F3N2O3. The predicted molar refractivity (Wildman–Crippen MR) is 81.5 cm³/mol. The van der Waals surface area contributed by atoms with E-state index < -0.39 is 18.8 Å². The molecule has 0 saturated heterocycles. The molecule has 132 valence electrons. The van der Waals surface area contributed by atoms with E-state index in [9.17, 15) is 18.0 Å². The molecule has 0 unspecified atom stereocenters. The van der Waals surface area contributed by atoms with Crippen LogP contribution >= 0.6 is 0 Å². The largest absolute Gasteiger partial charge is 0.484 e. The molecule has 3 N–H and O–H groups in total. The van der Waals surface area contributed by atoms with Gasteiger partial charge in [0.25, 0.3) is 0 Å². The Kier molecular flexibility index (Phi) is 6.08.